The lowest BCUT2D eigenvalue weighted by atomic mass is 10.2. The van der Waals surface area contributed by atoms with E-state index < -0.39 is 6.03 Å². The summed E-state index contributed by atoms with van der Waals surface area (Å²) in [5.41, 5.74) is 6.75. The number of hydrogen-bond donors (Lipinski definition) is 3. The number of benzene rings is 2. The van der Waals surface area contributed by atoms with Crippen molar-refractivity contribution in [1.29, 1.82) is 0 Å². The zero-order valence-corrected chi connectivity index (χ0v) is 12.0. The minimum absolute atomic E-state index is 0.215. The molecule has 0 bridgehead atoms. The van der Waals surface area contributed by atoms with Gasteiger partial charge in [-0.1, -0.05) is 12.1 Å². The number of nitrogens with one attached hydrogen (secondary N) is 2. The van der Waals surface area contributed by atoms with Crippen LogP contribution in [0, 0.1) is 0 Å². The van der Waals surface area contributed by atoms with Gasteiger partial charge >= 0.3 is 6.03 Å². The lowest BCUT2D eigenvalue weighted by Crippen LogP contribution is -2.19. The number of anilines is 2. The average molecular weight is 334 g/mol. The lowest BCUT2D eigenvalue weighted by Gasteiger charge is -2.08. The van der Waals surface area contributed by atoms with Gasteiger partial charge in [-0.15, -0.1) is 0 Å². The molecule has 0 spiro atoms. The Morgan fingerprint density at radius 3 is 2.00 bits per heavy atom. The molecule has 3 amide bonds. The molecule has 6 heteroatoms. The Hall–Kier alpha value is -2.34. The molecule has 0 fully saturated rings. The summed E-state index contributed by atoms with van der Waals surface area (Å²) in [7, 11) is 0. The Labute approximate surface area is 124 Å². The third-order valence-electron chi connectivity index (χ3n) is 2.53. The Bertz CT molecular complexity index is 641. The molecule has 5 nitrogen and oxygen atoms in total. The van der Waals surface area contributed by atoms with Gasteiger partial charge in [0.25, 0.3) is 5.91 Å². The number of carbonyl (C=O) groups is 2. The van der Waals surface area contributed by atoms with E-state index in [0.717, 1.165) is 4.47 Å². The summed E-state index contributed by atoms with van der Waals surface area (Å²) in [5.74, 6) is -0.215. The second-order valence-electron chi connectivity index (χ2n) is 4.00. The van der Waals surface area contributed by atoms with E-state index in [0.29, 0.717) is 16.9 Å². The van der Waals surface area contributed by atoms with Gasteiger partial charge in [0.15, 0.2) is 0 Å². The van der Waals surface area contributed by atoms with Crippen molar-refractivity contribution in [2.75, 3.05) is 10.6 Å². The number of primary amides is 1. The van der Waals surface area contributed by atoms with Crippen molar-refractivity contribution < 1.29 is 9.59 Å². The summed E-state index contributed by atoms with van der Waals surface area (Å²) in [6.07, 6.45) is 0. The highest BCUT2D eigenvalue weighted by Crippen LogP contribution is 2.19. The van der Waals surface area contributed by atoms with Gasteiger partial charge < -0.3 is 16.4 Å². The molecule has 4 N–H and O–H groups in total. The van der Waals surface area contributed by atoms with Crippen molar-refractivity contribution in [1.82, 2.24) is 0 Å². The van der Waals surface area contributed by atoms with E-state index in [9.17, 15) is 9.59 Å². The number of urea groups is 1. The number of hydrogen-bond acceptors (Lipinski definition) is 2. The molecule has 0 aliphatic carbocycles. The van der Waals surface area contributed by atoms with Crippen LogP contribution in [-0.4, -0.2) is 11.9 Å². The third kappa shape index (κ3) is 3.58. The average Bonchev–Trinajstić information content (AvgIpc) is 2.41. The normalized spacial score (nSPS) is 9.85. The third-order valence-corrected chi connectivity index (χ3v) is 3.22. The van der Waals surface area contributed by atoms with E-state index in [4.69, 9.17) is 5.73 Å². The van der Waals surface area contributed by atoms with Crippen molar-refractivity contribution in [2.45, 2.75) is 0 Å². The van der Waals surface area contributed by atoms with E-state index in [-0.39, 0.29) is 5.91 Å². The fourth-order valence-electron chi connectivity index (χ4n) is 1.62. The SMILES string of the molecule is NC(=O)Nc1ccc(NC(=O)c2ccccc2Br)cc1. The predicted octanol–water partition coefficient (Wildman–Crippen LogP) is 3.19. The second-order valence-corrected chi connectivity index (χ2v) is 4.85. The Morgan fingerprint density at radius 1 is 0.900 bits per heavy atom. The topological polar surface area (TPSA) is 84.2 Å². The molecule has 0 unspecified atom stereocenters. The molecule has 0 saturated heterocycles. The molecule has 2 aromatic carbocycles. The number of rotatable bonds is 3. The van der Waals surface area contributed by atoms with Crippen LogP contribution >= 0.6 is 15.9 Å². The Balaban J connectivity index is 2.09. The smallest absolute Gasteiger partial charge is 0.316 e. The zero-order chi connectivity index (χ0) is 14.5. The molecule has 20 heavy (non-hydrogen) atoms. The largest absolute Gasteiger partial charge is 0.351 e. The molecule has 102 valence electrons. The summed E-state index contributed by atoms with van der Waals surface area (Å²) in [6, 6.07) is 13.2. The molecular formula is C14H12BrN3O2. The van der Waals surface area contributed by atoms with E-state index in [1.807, 2.05) is 6.07 Å². The maximum atomic E-state index is 12.1. The number of amides is 3. The fraction of sp³-hybridized carbons (Fsp3) is 0. The summed E-state index contributed by atoms with van der Waals surface area (Å²) in [5, 5.41) is 5.21. The number of nitrogens with two attached hydrogens (primary N) is 1. The van der Waals surface area contributed by atoms with Gasteiger partial charge in [0, 0.05) is 15.8 Å². The fourth-order valence-corrected chi connectivity index (χ4v) is 2.09. The monoisotopic (exact) mass is 333 g/mol. The summed E-state index contributed by atoms with van der Waals surface area (Å²) < 4.78 is 0.726. The maximum Gasteiger partial charge on any atom is 0.316 e. The zero-order valence-electron chi connectivity index (χ0n) is 10.4. The van der Waals surface area contributed by atoms with Gasteiger partial charge in [-0.25, -0.2) is 4.79 Å². The van der Waals surface area contributed by atoms with E-state index in [1.54, 1.807) is 42.5 Å². The number of carbonyl (C=O) groups excluding carboxylic acids is 2. The summed E-state index contributed by atoms with van der Waals surface area (Å²) in [4.78, 5) is 22.8. The Morgan fingerprint density at radius 2 is 1.45 bits per heavy atom. The van der Waals surface area contributed by atoms with Crippen LogP contribution in [0.5, 0.6) is 0 Å². The molecule has 0 aliphatic heterocycles. The van der Waals surface area contributed by atoms with Crippen molar-refractivity contribution in [2.24, 2.45) is 5.73 Å². The first-order chi connectivity index (χ1) is 9.56. The minimum atomic E-state index is -0.630. The summed E-state index contributed by atoms with van der Waals surface area (Å²) >= 11 is 3.33. The first-order valence-corrected chi connectivity index (χ1v) is 6.58. The van der Waals surface area contributed by atoms with Crippen LogP contribution < -0.4 is 16.4 Å². The standard InChI is InChI=1S/C14H12BrN3O2/c15-12-4-2-1-3-11(12)13(19)17-9-5-7-10(8-6-9)18-14(16)20/h1-8H,(H,17,19)(H3,16,18,20). The highest BCUT2D eigenvalue weighted by atomic mass is 79.9. The van der Waals surface area contributed by atoms with Gasteiger partial charge in [0.1, 0.15) is 0 Å². The molecule has 0 aromatic heterocycles. The summed E-state index contributed by atoms with van der Waals surface area (Å²) in [6.45, 7) is 0. The Kier molecular flexibility index (Phi) is 4.37. The highest BCUT2D eigenvalue weighted by Gasteiger charge is 2.09. The van der Waals surface area contributed by atoms with Gasteiger partial charge in [0.05, 0.1) is 5.56 Å². The van der Waals surface area contributed by atoms with Crippen LogP contribution in [-0.2, 0) is 0 Å². The van der Waals surface area contributed by atoms with Gasteiger partial charge in [-0.3, -0.25) is 4.79 Å². The van der Waals surface area contributed by atoms with E-state index in [1.165, 1.54) is 0 Å². The van der Waals surface area contributed by atoms with Crippen molar-refractivity contribution in [3.63, 3.8) is 0 Å². The van der Waals surface area contributed by atoms with Crippen LogP contribution in [0.2, 0.25) is 0 Å². The first kappa shape index (κ1) is 14.1. The van der Waals surface area contributed by atoms with Crippen LogP contribution in [0.25, 0.3) is 0 Å². The van der Waals surface area contributed by atoms with E-state index >= 15 is 0 Å². The predicted molar refractivity (Wildman–Crippen MR) is 81.7 cm³/mol. The van der Waals surface area contributed by atoms with Crippen LogP contribution in [0.15, 0.2) is 53.0 Å². The molecule has 0 atom stereocenters. The molecule has 0 aliphatic rings. The van der Waals surface area contributed by atoms with Crippen LogP contribution in [0.4, 0.5) is 16.2 Å². The van der Waals surface area contributed by atoms with E-state index in [2.05, 4.69) is 26.6 Å². The quantitative estimate of drug-likeness (QED) is 0.805. The lowest BCUT2D eigenvalue weighted by molar-refractivity contribution is 0.102. The van der Waals surface area contributed by atoms with Gasteiger partial charge in [0.2, 0.25) is 0 Å². The second kappa shape index (κ2) is 6.21. The number of halogens is 1. The first-order valence-electron chi connectivity index (χ1n) is 5.78. The molecule has 0 radical (unpaired) electrons. The van der Waals surface area contributed by atoms with Crippen LogP contribution in [0.1, 0.15) is 10.4 Å². The molecule has 0 heterocycles. The maximum absolute atomic E-state index is 12.1. The van der Waals surface area contributed by atoms with Gasteiger partial charge in [-0.05, 0) is 52.3 Å². The molecule has 2 rings (SSSR count). The van der Waals surface area contributed by atoms with Gasteiger partial charge in [-0.2, -0.15) is 0 Å². The van der Waals surface area contributed by atoms with Crippen molar-refractivity contribution >= 4 is 39.2 Å². The molecular weight excluding hydrogens is 322 g/mol. The van der Waals surface area contributed by atoms with Crippen molar-refractivity contribution in [3.05, 3.63) is 58.6 Å². The molecule has 2 aromatic rings. The highest BCUT2D eigenvalue weighted by molar-refractivity contribution is 9.10. The minimum Gasteiger partial charge on any atom is -0.351 e. The molecule has 0 saturated carbocycles. The van der Waals surface area contributed by atoms with Crippen molar-refractivity contribution in [3.8, 4) is 0 Å². The van der Waals surface area contributed by atoms with Crippen LogP contribution in [0.3, 0.4) is 0 Å².